The van der Waals surface area contributed by atoms with Crippen LogP contribution in [0.5, 0.6) is 0 Å². The van der Waals surface area contributed by atoms with Crippen LogP contribution in [-0.4, -0.2) is 26.2 Å². The first-order valence-electron chi connectivity index (χ1n) is 4.81. The van der Waals surface area contributed by atoms with Gasteiger partial charge in [0, 0.05) is 0 Å². The third kappa shape index (κ3) is 4.38. The van der Waals surface area contributed by atoms with Gasteiger partial charge < -0.3 is 10.6 Å². The standard InChI is InChI=1S/C9H20N2/c1-9-4-7-10-5-2-3-6-11-8-9/h9-11H,2-8H2,1H3. The Morgan fingerprint density at radius 1 is 1.00 bits per heavy atom. The summed E-state index contributed by atoms with van der Waals surface area (Å²) in [6.07, 6.45) is 3.95. The van der Waals surface area contributed by atoms with Gasteiger partial charge in [0.25, 0.3) is 0 Å². The molecule has 0 bridgehead atoms. The summed E-state index contributed by atoms with van der Waals surface area (Å²) < 4.78 is 0. The van der Waals surface area contributed by atoms with Crippen LogP contribution in [0, 0.1) is 5.92 Å². The zero-order chi connectivity index (χ0) is 7.94. The Morgan fingerprint density at radius 2 is 1.73 bits per heavy atom. The van der Waals surface area contributed by atoms with Crippen LogP contribution < -0.4 is 10.6 Å². The highest BCUT2D eigenvalue weighted by Crippen LogP contribution is 1.99. The van der Waals surface area contributed by atoms with E-state index in [4.69, 9.17) is 0 Å². The fourth-order valence-electron chi connectivity index (χ4n) is 1.42. The monoisotopic (exact) mass is 156 g/mol. The highest BCUT2D eigenvalue weighted by Gasteiger charge is 2.02. The van der Waals surface area contributed by atoms with Crippen molar-refractivity contribution in [2.45, 2.75) is 26.2 Å². The van der Waals surface area contributed by atoms with Gasteiger partial charge in [-0.2, -0.15) is 0 Å². The van der Waals surface area contributed by atoms with Gasteiger partial charge in [0.15, 0.2) is 0 Å². The van der Waals surface area contributed by atoms with E-state index in [1.54, 1.807) is 0 Å². The maximum absolute atomic E-state index is 3.48. The molecule has 66 valence electrons. The Labute approximate surface area is 69.8 Å². The zero-order valence-corrected chi connectivity index (χ0v) is 7.53. The molecule has 1 atom stereocenters. The van der Waals surface area contributed by atoms with Crippen LogP contribution in [-0.2, 0) is 0 Å². The minimum atomic E-state index is 0.834. The van der Waals surface area contributed by atoms with Gasteiger partial charge in [-0.3, -0.25) is 0 Å². The molecule has 1 fully saturated rings. The lowest BCUT2D eigenvalue weighted by atomic mass is 10.1. The van der Waals surface area contributed by atoms with Gasteiger partial charge in [-0.05, 0) is 51.4 Å². The number of nitrogens with one attached hydrogen (secondary N) is 2. The van der Waals surface area contributed by atoms with E-state index in [0.717, 1.165) is 5.92 Å². The molecule has 0 aliphatic carbocycles. The van der Waals surface area contributed by atoms with Crippen molar-refractivity contribution >= 4 is 0 Å². The Hall–Kier alpha value is -0.0800. The zero-order valence-electron chi connectivity index (χ0n) is 7.53. The average molecular weight is 156 g/mol. The fraction of sp³-hybridized carbons (Fsp3) is 1.00. The van der Waals surface area contributed by atoms with Crippen molar-refractivity contribution in [3.8, 4) is 0 Å². The van der Waals surface area contributed by atoms with E-state index in [9.17, 15) is 0 Å². The molecular weight excluding hydrogens is 136 g/mol. The molecular formula is C9H20N2. The second kappa shape index (κ2) is 5.56. The Morgan fingerprint density at radius 3 is 2.55 bits per heavy atom. The third-order valence-corrected chi connectivity index (χ3v) is 2.26. The number of hydrogen-bond donors (Lipinski definition) is 2. The van der Waals surface area contributed by atoms with Crippen molar-refractivity contribution in [3.05, 3.63) is 0 Å². The van der Waals surface area contributed by atoms with E-state index < -0.39 is 0 Å². The van der Waals surface area contributed by atoms with Gasteiger partial charge in [-0.1, -0.05) is 6.92 Å². The van der Waals surface area contributed by atoms with E-state index in [1.165, 1.54) is 45.4 Å². The lowest BCUT2D eigenvalue weighted by molar-refractivity contribution is 0.438. The lowest BCUT2D eigenvalue weighted by Crippen LogP contribution is -2.28. The number of rotatable bonds is 0. The predicted octanol–water partition coefficient (Wildman–Crippen LogP) is 0.986. The van der Waals surface area contributed by atoms with Crippen molar-refractivity contribution in [1.29, 1.82) is 0 Å². The molecule has 1 aliphatic rings. The van der Waals surface area contributed by atoms with E-state index in [0.29, 0.717) is 0 Å². The summed E-state index contributed by atoms with van der Waals surface area (Å²) in [5, 5.41) is 6.93. The topological polar surface area (TPSA) is 24.1 Å². The van der Waals surface area contributed by atoms with Crippen LogP contribution in [0.4, 0.5) is 0 Å². The van der Waals surface area contributed by atoms with E-state index >= 15 is 0 Å². The molecule has 0 spiro atoms. The van der Waals surface area contributed by atoms with E-state index in [1.807, 2.05) is 0 Å². The molecule has 1 unspecified atom stereocenters. The average Bonchev–Trinajstić information content (AvgIpc) is 2.03. The molecule has 0 aromatic carbocycles. The highest BCUT2D eigenvalue weighted by atomic mass is 14.9. The molecule has 1 aliphatic heterocycles. The molecule has 0 amide bonds. The molecule has 0 aromatic heterocycles. The molecule has 0 radical (unpaired) electrons. The summed E-state index contributed by atoms with van der Waals surface area (Å²) in [5.74, 6) is 0.834. The van der Waals surface area contributed by atoms with E-state index in [-0.39, 0.29) is 0 Å². The van der Waals surface area contributed by atoms with Crippen LogP contribution >= 0.6 is 0 Å². The normalized spacial score (nSPS) is 29.7. The molecule has 1 heterocycles. The largest absolute Gasteiger partial charge is 0.317 e. The smallest absolute Gasteiger partial charge is 0.00227 e. The van der Waals surface area contributed by atoms with Crippen LogP contribution in [0.1, 0.15) is 26.2 Å². The molecule has 0 aromatic rings. The van der Waals surface area contributed by atoms with E-state index in [2.05, 4.69) is 17.6 Å². The molecule has 11 heavy (non-hydrogen) atoms. The van der Waals surface area contributed by atoms with Crippen LogP contribution in [0.25, 0.3) is 0 Å². The van der Waals surface area contributed by atoms with Crippen molar-refractivity contribution in [2.75, 3.05) is 26.2 Å². The fourth-order valence-corrected chi connectivity index (χ4v) is 1.42. The first-order chi connectivity index (χ1) is 5.39. The summed E-state index contributed by atoms with van der Waals surface area (Å²) in [7, 11) is 0. The Kier molecular flexibility index (Phi) is 4.55. The highest BCUT2D eigenvalue weighted by molar-refractivity contribution is 4.62. The summed E-state index contributed by atoms with van der Waals surface area (Å²) >= 11 is 0. The minimum Gasteiger partial charge on any atom is -0.317 e. The molecule has 1 saturated heterocycles. The van der Waals surface area contributed by atoms with Gasteiger partial charge in [-0.25, -0.2) is 0 Å². The van der Waals surface area contributed by atoms with Gasteiger partial charge in [-0.15, -0.1) is 0 Å². The maximum atomic E-state index is 3.48. The maximum Gasteiger partial charge on any atom is -0.00227 e. The lowest BCUT2D eigenvalue weighted by Gasteiger charge is -2.15. The van der Waals surface area contributed by atoms with Crippen molar-refractivity contribution < 1.29 is 0 Å². The number of hydrogen-bond acceptors (Lipinski definition) is 2. The molecule has 1 rings (SSSR count). The first-order valence-corrected chi connectivity index (χ1v) is 4.81. The van der Waals surface area contributed by atoms with Crippen LogP contribution in [0.15, 0.2) is 0 Å². The second-order valence-corrected chi connectivity index (χ2v) is 3.56. The minimum absolute atomic E-state index is 0.834. The van der Waals surface area contributed by atoms with Crippen molar-refractivity contribution in [1.82, 2.24) is 10.6 Å². The van der Waals surface area contributed by atoms with Crippen LogP contribution in [0.3, 0.4) is 0 Å². The summed E-state index contributed by atoms with van der Waals surface area (Å²) in [4.78, 5) is 0. The van der Waals surface area contributed by atoms with Gasteiger partial charge in [0.1, 0.15) is 0 Å². The quantitative estimate of drug-likeness (QED) is 0.546. The van der Waals surface area contributed by atoms with Crippen molar-refractivity contribution in [3.63, 3.8) is 0 Å². The molecule has 0 saturated carbocycles. The Bertz CT molecular complexity index is 83.6. The molecule has 2 nitrogen and oxygen atoms in total. The van der Waals surface area contributed by atoms with Gasteiger partial charge in [0.05, 0.1) is 0 Å². The predicted molar refractivity (Wildman–Crippen MR) is 48.8 cm³/mol. The SMILES string of the molecule is CC1CCNCCCCNC1. The summed E-state index contributed by atoms with van der Waals surface area (Å²) in [5.41, 5.74) is 0. The second-order valence-electron chi connectivity index (χ2n) is 3.56. The first kappa shape index (κ1) is 9.01. The molecule has 2 N–H and O–H groups in total. The Balaban J connectivity index is 2.12. The molecule has 2 heteroatoms. The van der Waals surface area contributed by atoms with Gasteiger partial charge in [0.2, 0.25) is 0 Å². The van der Waals surface area contributed by atoms with Crippen LogP contribution in [0.2, 0.25) is 0 Å². The summed E-state index contributed by atoms with van der Waals surface area (Å²) in [6, 6.07) is 0. The van der Waals surface area contributed by atoms with Crippen molar-refractivity contribution in [2.24, 2.45) is 5.92 Å². The van der Waals surface area contributed by atoms with Gasteiger partial charge >= 0.3 is 0 Å². The third-order valence-electron chi connectivity index (χ3n) is 2.26. The summed E-state index contributed by atoms with van der Waals surface area (Å²) in [6.45, 7) is 7.11.